The fourth-order valence-corrected chi connectivity index (χ4v) is 1.89. The zero-order chi connectivity index (χ0) is 12.0. The Morgan fingerprint density at radius 3 is 2.75 bits per heavy atom. The van der Waals surface area contributed by atoms with Crippen molar-refractivity contribution in [2.75, 3.05) is 0 Å². The molecule has 0 aliphatic rings. The average molecular weight is 245 g/mol. The van der Waals surface area contributed by atoms with Gasteiger partial charge in [-0.3, -0.25) is 0 Å². The van der Waals surface area contributed by atoms with Crippen LogP contribution in [0.5, 0.6) is 0 Å². The van der Waals surface area contributed by atoms with E-state index < -0.39 is 0 Å². The Bertz CT molecular complexity index is 328. The second kappa shape index (κ2) is 6.87. The highest BCUT2D eigenvalue weighted by Gasteiger charge is 2.05. The fourth-order valence-electron chi connectivity index (χ4n) is 1.73. The van der Waals surface area contributed by atoms with Gasteiger partial charge < -0.3 is 5.11 Å². The summed E-state index contributed by atoms with van der Waals surface area (Å²) in [7, 11) is 0. The van der Waals surface area contributed by atoms with Gasteiger partial charge in [-0.05, 0) is 43.4 Å². The summed E-state index contributed by atoms with van der Waals surface area (Å²) in [5, 5.41) is 9.95. The van der Waals surface area contributed by atoms with Crippen LogP contribution in [0.2, 0.25) is 5.02 Å². The lowest BCUT2D eigenvalue weighted by Gasteiger charge is -2.09. The quantitative estimate of drug-likeness (QED) is 0.803. The Hall–Kier alpha value is -0.600. The SMILES string of the molecule is CCCC(O)CCCc1ccc(Cl)cc1F. The number of benzene rings is 1. The highest BCUT2D eigenvalue weighted by molar-refractivity contribution is 6.30. The van der Waals surface area contributed by atoms with Gasteiger partial charge in [-0.25, -0.2) is 4.39 Å². The molecule has 0 saturated heterocycles. The van der Waals surface area contributed by atoms with E-state index in [4.69, 9.17) is 11.6 Å². The third kappa shape index (κ3) is 4.50. The third-order valence-electron chi connectivity index (χ3n) is 2.62. The van der Waals surface area contributed by atoms with E-state index in [-0.39, 0.29) is 11.9 Å². The highest BCUT2D eigenvalue weighted by Crippen LogP contribution is 2.17. The summed E-state index contributed by atoms with van der Waals surface area (Å²) < 4.78 is 13.4. The summed E-state index contributed by atoms with van der Waals surface area (Å²) in [4.78, 5) is 0. The van der Waals surface area contributed by atoms with Crippen LogP contribution in [0, 0.1) is 5.82 Å². The lowest BCUT2D eigenvalue weighted by atomic mass is 10.0. The van der Waals surface area contributed by atoms with E-state index in [1.54, 1.807) is 12.1 Å². The predicted octanol–water partition coefficient (Wildman–Crippen LogP) is 3.96. The van der Waals surface area contributed by atoms with Gasteiger partial charge in [0.15, 0.2) is 0 Å². The van der Waals surface area contributed by atoms with Crippen LogP contribution in [0.1, 0.15) is 38.2 Å². The molecule has 3 heteroatoms. The average Bonchev–Trinajstić information content (AvgIpc) is 2.22. The molecule has 0 aliphatic heterocycles. The van der Waals surface area contributed by atoms with Gasteiger partial charge in [0.1, 0.15) is 5.82 Å². The molecule has 1 aromatic rings. The Kier molecular flexibility index (Phi) is 5.78. The molecule has 0 aromatic heterocycles. The normalized spacial score (nSPS) is 12.8. The largest absolute Gasteiger partial charge is 0.393 e. The van der Waals surface area contributed by atoms with Crippen LogP contribution in [0.3, 0.4) is 0 Å². The van der Waals surface area contributed by atoms with Crippen molar-refractivity contribution in [3.05, 3.63) is 34.6 Å². The smallest absolute Gasteiger partial charge is 0.127 e. The Balaban J connectivity index is 2.37. The van der Waals surface area contributed by atoms with Crippen molar-refractivity contribution in [2.45, 2.75) is 45.1 Å². The molecule has 0 fully saturated rings. The first-order valence-corrected chi connectivity index (χ1v) is 6.13. The molecule has 1 aromatic carbocycles. The zero-order valence-electron chi connectivity index (χ0n) is 9.55. The summed E-state index contributed by atoms with van der Waals surface area (Å²) in [5.74, 6) is -0.252. The minimum atomic E-state index is -0.252. The lowest BCUT2D eigenvalue weighted by Crippen LogP contribution is -2.06. The standard InChI is InChI=1S/C13H18ClFO/c1-2-4-12(16)6-3-5-10-7-8-11(14)9-13(10)15/h7-9,12,16H,2-6H2,1H3. The van der Waals surface area contributed by atoms with Crippen LogP contribution >= 0.6 is 11.6 Å². The van der Waals surface area contributed by atoms with Crippen molar-refractivity contribution in [1.29, 1.82) is 0 Å². The van der Waals surface area contributed by atoms with Crippen molar-refractivity contribution in [2.24, 2.45) is 0 Å². The molecule has 0 saturated carbocycles. The molecule has 16 heavy (non-hydrogen) atoms. The van der Waals surface area contributed by atoms with E-state index in [1.807, 2.05) is 6.92 Å². The van der Waals surface area contributed by atoms with Gasteiger partial charge in [-0.1, -0.05) is 31.0 Å². The first kappa shape index (κ1) is 13.5. The van der Waals surface area contributed by atoms with Gasteiger partial charge in [-0.2, -0.15) is 0 Å². The van der Waals surface area contributed by atoms with Crippen molar-refractivity contribution in [1.82, 2.24) is 0 Å². The number of rotatable bonds is 6. The minimum Gasteiger partial charge on any atom is -0.393 e. The van der Waals surface area contributed by atoms with Crippen molar-refractivity contribution in [3.63, 3.8) is 0 Å². The van der Waals surface area contributed by atoms with Crippen molar-refractivity contribution in [3.8, 4) is 0 Å². The molecule has 1 rings (SSSR count). The summed E-state index contributed by atoms with van der Waals surface area (Å²) in [6.45, 7) is 2.04. The van der Waals surface area contributed by atoms with Gasteiger partial charge in [0.2, 0.25) is 0 Å². The molecule has 0 radical (unpaired) electrons. The molecule has 1 unspecified atom stereocenters. The molecular weight excluding hydrogens is 227 g/mol. The summed E-state index contributed by atoms with van der Waals surface area (Å²) in [6.07, 6.45) is 3.75. The van der Waals surface area contributed by atoms with Crippen molar-refractivity contribution >= 4 is 11.6 Å². The topological polar surface area (TPSA) is 20.2 Å². The molecule has 90 valence electrons. The Morgan fingerprint density at radius 1 is 1.38 bits per heavy atom. The molecule has 0 spiro atoms. The highest BCUT2D eigenvalue weighted by atomic mass is 35.5. The first-order valence-electron chi connectivity index (χ1n) is 5.75. The van der Waals surface area contributed by atoms with E-state index in [2.05, 4.69) is 0 Å². The van der Waals surface area contributed by atoms with E-state index in [9.17, 15) is 9.50 Å². The van der Waals surface area contributed by atoms with E-state index in [0.717, 1.165) is 25.7 Å². The number of hydrogen-bond acceptors (Lipinski definition) is 1. The molecule has 0 aliphatic carbocycles. The number of aliphatic hydroxyl groups excluding tert-OH is 1. The monoisotopic (exact) mass is 244 g/mol. The molecular formula is C13H18ClFO. The minimum absolute atomic E-state index is 0.250. The van der Waals surface area contributed by atoms with E-state index >= 15 is 0 Å². The van der Waals surface area contributed by atoms with Crippen LogP contribution in [-0.2, 0) is 6.42 Å². The van der Waals surface area contributed by atoms with Crippen LogP contribution in [0.15, 0.2) is 18.2 Å². The maximum atomic E-state index is 13.4. The molecule has 0 heterocycles. The van der Waals surface area contributed by atoms with E-state index in [1.165, 1.54) is 6.07 Å². The zero-order valence-corrected chi connectivity index (χ0v) is 10.3. The molecule has 1 nitrogen and oxygen atoms in total. The second-order valence-electron chi connectivity index (χ2n) is 4.07. The van der Waals surface area contributed by atoms with Crippen LogP contribution < -0.4 is 0 Å². The van der Waals surface area contributed by atoms with Gasteiger partial charge in [0, 0.05) is 5.02 Å². The lowest BCUT2D eigenvalue weighted by molar-refractivity contribution is 0.151. The van der Waals surface area contributed by atoms with Gasteiger partial charge >= 0.3 is 0 Å². The predicted molar refractivity (Wildman–Crippen MR) is 65.3 cm³/mol. The first-order chi connectivity index (χ1) is 7.63. The third-order valence-corrected chi connectivity index (χ3v) is 2.86. The van der Waals surface area contributed by atoms with Crippen LogP contribution in [0.4, 0.5) is 4.39 Å². The number of aliphatic hydroxyl groups is 1. The maximum absolute atomic E-state index is 13.4. The fraction of sp³-hybridized carbons (Fsp3) is 0.538. The molecule has 0 amide bonds. The molecule has 0 bridgehead atoms. The van der Waals surface area contributed by atoms with Crippen molar-refractivity contribution < 1.29 is 9.50 Å². The summed E-state index contributed by atoms with van der Waals surface area (Å²) >= 11 is 5.66. The van der Waals surface area contributed by atoms with Gasteiger partial charge in [0.05, 0.1) is 6.10 Å². The number of hydrogen-bond donors (Lipinski definition) is 1. The summed E-state index contributed by atoms with van der Waals surface area (Å²) in [5.41, 5.74) is 0.674. The second-order valence-corrected chi connectivity index (χ2v) is 4.51. The van der Waals surface area contributed by atoms with Crippen LogP contribution in [0.25, 0.3) is 0 Å². The Morgan fingerprint density at radius 2 is 2.12 bits per heavy atom. The van der Waals surface area contributed by atoms with Crippen LogP contribution in [-0.4, -0.2) is 11.2 Å². The molecule has 1 atom stereocenters. The van der Waals surface area contributed by atoms with E-state index in [0.29, 0.717) is 17.0 Å². The molecule has 1 N–H and O–H groups in total. The Labute approximate surface area is 101 Å². The number of aryl methyl sites for hydroxylation is 1. The van der Waals surface area contributed by atoms with Gasteiger partial charge in [0.25, 0.3) is 0 Å². The van der Waals surface area contributed by atoms with Gasteiger partial charge in [-0.15, -0.1) is 0 Å². The maximum Gasteiger partial charge on any atom is 0.127 e. The summed E-state index contributed by atoms with van der Waals surface area (Å²) in [6, 6.07) is 4.74. The number of halogens is 2.